The third-order valence-corrected chi connectivity index (χ3v) is 13.5. The fourth-order valence-corrected chi connectivity index (χ4v) is 10.3. The Morgan fingerprint density at radius 2 is 0.727 bits per heavy atom. The Hall–Kier alpha value is -8.72. The van der Waals surface area contributed by atoms with E-state index in [0.29, 0.717) is 0 Å². The van der Waals surface area contributed by atoms with Crippen molar-refractivity contribution < 1.29 is 4.42 Å². The van der Waals surface area contributed by atoms with E-state index >= 15 is 0 Å². The van der Waals surface area contributed by atoms with Crippen LogP contribution in [0.4, 0.5) is 17.1 Å². The molecule has 0 amide bonds. The zero-order chi connectivity index (χ0) is 43.6. The second-order valence-electron chi connectivity index (χ2n) is 17.2. The van der Waals surface area contributed by atoms with E-state index in [-0.39, 0.29) is 0 Å². The number of nitrogens with zero attached hydrogens (tertiary/aromatic N) is 1. The van der Waals surface area contributed by atoms with Gasteiger partial charge in [0.25, 0.3) is 0 Å². The van der Waals surface area contributed by atoms with Crippen molar-refractivity contribution in [3.05, 3.63) is 249 Å². The second kappa shape index (κ2) is 15.5. The van der Waals surface area contributed by atoms with Crippen molar-refractivity contribution in [3.63, 3.8) is 0 Å². The van der Waals surface area contributed by atoms with Crippen LogP contribution in [-0.2, 0) is 0 Å². The predicted octanol–water partition coefficient (Wildman–Crippen LogP) is 18.3. The molecule has 13 rings (SSSR count). The largest absolute Gasteiger partial charge is 0.456 e. The van der Waals surface area contributed by atoms with Gasteiger partial charge in [-0.05, 0) is 131 Å². The third kappa shape index (κ3) is 6.34. The van der Waals surface area contributed by atoms with Gasteiger partial charge in [-0.1, -0.05) is 200 Å². The highest BCUT2D eigenvalue weighted by Crippen LogP contribution is 2.44. The Labute approximate surface area is 382 Å². The Balaban J connectivity index is 0.910. The molecule has 0 aliphatic rings. The minimum atomic E-state index is 0.896. The van der Waals surface area contributed by atoms with Crippen molar-refractivity contribution in [1.29, 1.82) is 0 Å². The van der Waals surface area contributed by atoms with E-state index in [0.717, 1.165) is 61.3 Å². The molecule has 1 heterocycles. The van der Waals surface area contributed by atoms with Crippen molar-refractivity contribution in [3.8, 4) is 44.5 Å². The first-order chi connectivity index (χ1) is 32.7. The number of benzene rings is 12. The van der Waals surface area contributed by atoms with E-state index < -0.39 is 0 Å². The Kier molecular flexibility index (Phi) is 8.89. The topological polar surface area (TPSA) is 16.4 Å². The SMILES string of the molecule is c1ccc(N(c2ccc(-c3ccc4c(ccc5ccccc54)c3)cc2)c2ccc(-c3cccc4oc5ccccc5c34)cc2)c(-c2ccc(-c3cccc4c3ccc3ccccc34)cc2)c1. The normalized spacial score (nSPS) is 11.6. The molecule has 13 aromatic rings. The maximum Gasteiger partial charge on any atom is 0.136 e. The van der Waals surface area contributed by atoms with Gasteiger partial charge in [-0.25, -0.2) is 0 Å². The minimum absolute atomic E-state index is 0.896. The number of furan rings is 1. The molecule has 0 bridgehead atoms. The highest BCUT2D eigenvalue weighted by molar-refractivity contribution is 6.14. The molecular formula is C64H41NO. The molecule has 0 aliphatic carbocycles. The molecule has 0 saturated carbocycles. The molecule has 0 saturated heterocycles. The molecule has 0 unspecified atom stereocenters. The fourth-order valence-electron chi connectivity index (χ4n) is 10.3. The van der Waals surface area contributed by atoms with E-state index in [1.54, 1.807) is 0 Å². The molecule has 12 aromatic carbocycles. The summed E-state index contributed by atoms with van der Waals surface area (Å²) in [6.45, 7) is 0. The molecule has 2 nitrogen and oxygen atoms in total. The number of para-hydroxylation sites is 2. The van der Waals surface area contributed by atoms with Gasteiger partial charge in [0.05, 0.1) is 5.69 Å². The average Bonchev–Trinajstić information content (AvgIpc) is 3.78. The summed E-state index contributed by atoms with van der Waals surface area (Å²) in [7, 11) is 0. The average molecular weight is 840 g/mol. The van der Waals surface area contributed by atoms with Crippen molar-refractivity contribution in [1.82, 2.24) is 0 Å². The van der Waals surface area contributed by atoms with E-state index in [9.17, 15) is 0 Å². The quantitative estimate of drug-likeness (QED) is 0.149. The van der Waals surface area contributed by atoms with Crippen LogP contribution in [0.1, 0.15) is 0 Å². The summed E-state index contributed by atoms with van der Waals surface area (Å²) in [5, 5.41) is 12.4. The van der Waals surface area contributed by atoms with Gasteiger partial charge in [-0.3, -0.25) is 0 Å². The molecular weight excluding hydrogens is 799 g/mol. The Morgan fingerprint density at radius 3 is 1.50 bits per heavy atom. The number of hydrogen-bond acceptors (Lipinski definition) is 2. The van der Waals surface area contributed by atoms with Crippen molar-refractivity contribution in [2.45, 2.75) is 0 Å². The lowest BCUT2D eigenvalue weighted by molar-refractivity contribution is 0.669. The van der Waals surface area contributed by atoms with Crippen LogP contribution in [-0.4, -0.2) is 0 Å². The molecule has 1 aromatic heterocycles. The first-order valence-corrected chi connectivity index (χ1v) is 22.7. The maximum atomic E-state index is 6.29. The molecule has 2 heteroatoms. The van der Waals surface area contributed by atoms with E-state index in [2.05, 4.69) is 241 Å². The van der Waals surface area contributed by atoms with E-state index in [1.807, 2.05) is 12.1 Å². The van der Waals surface area contributed by atoms with Crippen molar-refractivity contribution >= 4 is 82.1 Å². The van der Waals surface area contributed by atoms with Crippen LogP contribution < -0.4 is 4.90 Å². The van der Waals surface area contributed by atoms with Crippen LogP contribution in [0.3, 0.4) is 0 Å². The summed E-state index contributed by atoms with van der Waals surface area (Å²) in [6, 6.07) is 90.3. The fraction of sp³-hybridized carbons (Fsp3) is 0. The summed E-state index contributed by atoms with van der Waals surface area (Å²) in [5.41, 5.74) is 14.4. The molecule has 0 atom stereocenters. The Bertz CT molecular complexity index is 3970. The standard InChI is InChI=1S/C64H41NO/c1-3-13-52-43(11-1)27-28-49-41-48(34-39-55(49)52)42-29-35-50(36-30-42)65(51-37-31-47(32-38-51)57-18-10-22-63-64(57)60-16-6-8-21-62(60)66-63)61-20-7-5-15-56(61)46-25-23-45(24-26-46)54-17-9-19-58-53-14-4-2-12-44(53)33-40-59(54)58/h1-41H. The molecule has 308 valence electrons. The van der Waals surface area contributed by atoms with Gasteiger partial charge >= 0.3 is 0 Å². The lowest BCUT2D eigenvalue weighted by atomic mass is 9.93. The van der Waals surface area contributed by atoms with Gasteiger partial charge in [0, 0.05) is 27.7 Å². The number of fused-ring (bicyclic) bond motifs is 9. The first kappa shape index (κ1) is 37.8. The summed E-state index contributed by atoms with van der Waals surface area (Å²) < 4.78 is 6.29. The highest BCUT2D eigenvalue weighted by atomic mass is 16.3. The van der Waals surface area contributed by atoms with E-state index in [4.69, 9.17) is 4.42 Å². The Morgan fingerprint density at radius 1 is 0.258 bits per heavy atom. The molecule has 0 spiro atoms. The van der Waals surface area contributed by atoms with Gasteiger partial charge < -0.3 is 9.32 Å². The lowest BCUT2D eigenvalue weighted by Crippen LogP contribution is -2.11. The molecule has 66 heavy (non-hydrogen) atoms. The zero-order valence-electron chi connectivity index (χ0n) is 36.0. The van der Waals surface area contributed by atoms with Gasteiger partial charge in [0.1, 0.15) is 11.2 Å². The summed E-state index contributed by atoms with van der Waals surface area (Å²) in [5.74, 6) is 0. The number of anilines is 3. The molecule has 0 radical (unpaired) electrons. The van der Waals surface area contributed by atoms with Crippen LogP contribution in [0.15, 0.2) is 253 Å². The monoisotopic (exact) mass is 839 g/mol. The minimum Gasteiger partial charge on any atom is -0.456 e. The van der Waals surface area contributed by atoms with Crippen molar-refractivity contribution in [2.75, 3.05) is 4.90 Å². The van der Waals surface area contributed by atoms with Crippen LogP contribution >= 0.6 is 0 Å². The van der Waals surface area contributed by atoms with Crippen molar-refractivity contribution in [2.24, 2.45) is 0 Å². The van der Waals surface area contributed by atoms with Gasteiger partial charge in [-0.2, -0.15) is 0 Å². The van der Waals surface area contributed by atoms with Crippen LogP contribution in [0, 0.1) is 0 Å². The smallest absolute Gasteiger partial charge is 0.136 e. The summed E-state index contributed by atoms with van der Waals surface area (Å²) in [4.78, 5) is 2.40. The second-order valence-corrected chi connectivity index (χ2v) is 17.2. The number of rotatable bonds is 7. The van der Waals surface area contributed by atoms with Crippen LogP contribution in [0.25, 0.3) is 110 Å². The van der Waals surface area contributed by atoms with Gasteiger partial charge in [0.15, 0.2) is 0 Å². The van der Waals surface area contributed by atoms with E-state index in [1.165, 1.54) is 65.3 Å². The summed E-state index contributed by atoms with van der Waals surface area (Å²) >= 11 is 0. The first-order valence-electron chi connectivity index (χ1n) is 22.7. The highest BCUT2D eigenvalue weighted by Gasteiger charge is 2.19. The van der Waals surface area contributed by atoms with Gasteiger partial charge in [0.2, 0.25) is 0 Å². The van der Waals surface area contributed by atoms with Crippen LogP contribution in [0.5, 0.6) is 0 Å². The van der Waals surface area contributed by atoms with Gasteiger partial charge in [-0.15, -0.1) is 0 Å². The maximum absolute atomic E-state index is 6.29. The number of hydrogen-bond donors (Lipinski definition) is 0. The molecule has 0 aliphatic heterocycles. The van der Waals surface area contributed by atoms with Crippen LogP contribution in [0.2, 0.25) is 0 Å². The third-order valence-electron chi connectivity index (χ3n) is 13.5. The molecule has 0 N–H and O–H groups in total. The lowest BCUT2D eigenvalue weighted by Gasteiger charge is -2.28. The predicted molar refractivity (Wildman–Crippen MR) is 280 cm³/mol. The summed E-state index contributed by atoms with van der Waals surface area (Å²) in [6.07, 6.45) is 0. The molecule has 0 fully saturated rings. The zero-order valence-corrected chi connectivity index (χ0v) is 36.0.